The minimum atomic E-state index is -0.632. The Morgan fingerprint density at radius 2 is 1.94 bits per heavy atom. The maximum Gasteiger partial charge on any atom is 0.319 e. The van der Waals surface area contributed by atoms with Crippen LogP contribution < -0.4 is 21.1 Å². The number of nitrogens with one attached hydrogen (secondary N) is 2. The van der Waals surface area contributed by atoms with Gasteiger partial charge in [-0.15, -0.1) is 0 Å². The summed E-state index contributed by atoms with van der Waals surface area (Å²) in [7, 11) is 1.48. The van der Waals surface area contributed by atoms with E-state index in [-0.39, 0.29) is 12.1 Å². The molecule has 162 valence electrons. The fraction of sp³-hybridized carbons (Fsp3) is 0.0870. The van der Waals surface area contributed by atoms with Crippen molar-refractivity contribution in [2.45, 2.75) is 6.54 Å². The van der Waals surface area contributed by atoms with E-state index >= 15 is 0 Å². The summed E-state index contributed by atoms with van der Waals surface area (Å²) >= 11 is 0. The van der Waals surface area contributed by atoms with E-state index in [9.17, 15) is 14.0 Å². The van der Waals surface area contributed by atoms with Gasteiger partial charge in [-0.3, -0.25) is 4.79 Å². The third-order valence-electron chi connectivity index (χ3n) is 4.87. The SMILES string of the molecule is COc1ccc(C(N)=O)c2c(-c3ccccc3CNC(=O)Nc3cccc(F)c3)noc12. The first kappa shape index (κ1) is 20.9. The highest BCUT2D eigenvalue weighted by molar-refractivity contribution is 6.11. The third-order valence-corrected chi connectivity index (χ3v) is 4.87. The van der Waals surface area contributed by atoms with Gasteiger partial charge in [0, 0.05) is 17.8 Å². The van der Waals surface area contributed by atoms with Gasteiger partial charge in [0.25, 0.3) is 0 Å². The maximum absolute atomic E-state index is 13.3. The normalized spacial score (nSPS) is 10.7. The van der Waals surface area contributed by atoms with Crippen molar-refractivity contribution in [2.75, 3.05) is 12.4 Å². The predicted octanol–water partition coefficient (Wildman–Crippen LogP) is 4.06. The smallest absolute Gasteiger partial charge is 0.319 e. The number of benzene rings is 3. The topological polar surface area (TPSA) is 119 Å². The summed E-state index contributed by atoms with van der Waals surface area (Å²) in [6.07, 6.45) is 0. The van der Waals surface area contributed by atoms with Gasteiger partial charge in [-0.05, 0) is 35.9 Å². The highest BCUT2D eigenvalue weighted by atomic mass is 19.1. The highest BCUT2D eigenvalue weighted by Gasteiger charge is 2.22. The van der Waals surface area contributed by atoms with Crippen molar-refractivity contribution in [3.8, 4) is 17.0 Å². The summed E-state index contributed by atoms with van der Waals surface area (Å²) in [4.78, 5) is 24.3. The molecule has 4 N–H and O–H groups in total. The molecule has 0 fully saturated rings. The number of carbonyl (C=O) groups excluding carboxylic acids is 2. The summed E-state index contributed by atoms with van der Waals surface area (Å²) in [5.41, 5.74) is 8.19. The van der Waals surface area contributed by atoms with Crippen LogP contribution in [0.2, 0.25) is 0 Å². The van der Waals surface area contributed by atoms with Crippen molar-refractivity contribution >= 4 is 28.6 Å². The van der Waals surface area contributed by atoms with E-state index in [0.717, 1.165) is 5.56 Å². The molecule has 0 unspecified atom stereocenters. The molecule has 8 nitrogen and oxygen atoms in total. The van der Waals surface area contributed by atoms with E-state index in [4.69, 9.17) is 15.0 Å². The molecular weight excluding hydrogens is 415 g/mol. The lowest BCUT2D eigenvalue weighted by atomic mass is 9.98. The summed E-state index contributed by atoms with van der Waals surface area (Å²) in [5, 5.41) is 9.88. The molecule has 0 saturated heterocycles. The number of hydrogen-bond donors (Lipinski definition) is 3. The first-order valence-corrected chi connectivity index (χ1v) is 9.63. The van der Waals surface area contributed by atoms with Crippen molar-refractivity contribution in [1.82, 2.24) is 10.5 Å². The lowest BCUT2D eigenvalue weighted by Crippen LogP contribution is -2.28. The molecule has 0 aliphatic heterocycles. The molecule has 32 heavy (non-hydrogen) atoms. The van der Waals surface area contributed by atoms with Crippen LogP contribution >= 0.6 is 0 Å². The lowest BCUT2D eigenvalue weighted by molar-refractivity contribution is 0.100. The number of nitrogens with two attached hydrogens (primary N) is 1. The van der Waals surface area contributed by atoms with Crippen molar-refractivity contribution < 1.29 is 23.2 Å². The first-order chi connectivity index (χ1) is 15.5. The molecule has 3 aromatic carbocycles. The Morgan fingerprint density at radius 3 is 2.69 bits per heavy atom. The number of rotatable bonds is 6. The zero-order valence-electron chi connectivity index (χ0n) is 17.0. The number of aromatic nitrogens is 1. The largest absolute Gasteiger partial charge is 0.493 e. The average molecular weight is 434 g/mol. The molecule has 3 amide bonds. The molecule has 0 atom stereocenters. The molecule has 0 aliphatic carbocycles. The molecule has 0 bridgehead atoms. The number of methoxy groups -OCH3 is 1. The Hall–Kier alpha value is -4.40. The number of halogens is 1. The van der Waals surface area contributed by atoms with Crippen LogP contribution in [-0.2, 0) is 6.54 Å². The van der Waals surface area contributed by atoms with Crippen molar-refractivity contribution in [3.63, 3.8) is 0 Å². The van der Waals surface area contributed by atoms with Crippen LogP contribution in [0.3, 0.4) is 0 Å². The van der Waals surface area contributed by atoms with E-state index in [1.54, 1.807) is 30.3 Å². The first-order valence-electron chi connectivity index (χ1n) is 9.63. The molecular formula is C23H19FN4O4. The van der Waals surface area contributed by atoms with Crippen LogP contribution in [0, 0.1) is 5.82 Å². The quantitative estimate of drug-likeness (QED) is 0.423. The van der Waals surface area contributed by atoms with Crippen LogP contribution in [0.25, 0.3) is 22.2 Å². The Bertz CT molecular complexity index is 1320. The minimum Gasteiger partial charge on any atom is -0.493 e. The second-order valence-corrected chi connectivity index (χ2v) is 6.89. The summed E-state index contributed by atoms with van der Waals surface area (Å²) in [6.45, 7) is 0.140. The van der Waals surface area contributed by atoms with Gasteiger partial charge >= 0.3 is 6.03 Å². The van der Waals surface area contributed by atoms with Crippen molar-refractivity contribution in [1.29, 1.82) is 0 Å². The van der Waals surface area contributed by atoms with Gasteiger partial charge in [-0.25, -0.2) is 9.18 Å². The third kappa shape index (κ3) is 4.08. The fourth-order valence-corrected chi connectivity index (χ4v) is 3.40. The van der Waals surface area contributed by atoms with Gasteiger partial charge < -0.3 is 25.6 Å². The number of nitrogens with zero attached hydrogens (tertiary/aromatic N) is 1. The summed E-state index contributed by atoms with van der Waals surface area (Å²) < 4.78 is 24.1. The number of anilines is 1. The number of fused-ring (bicyclic) bond motifs is 1. The number of ether oxygens (including phenoxy) is 1. The number of hydrogen-bond acceptors (Lipinski definition) is 5. The zero-order valence-corrected chi connectivity index (χ0v) is 17.0. The Labute approximate surface area is 182 Å². The van der Waals surface area contributed by atoms with Gasteiger partial charge in [0.2, 0.25) is 11.5 Å². The number of carbonyl (C=O) groups is 2. The minimum absolute atomic E-state index is 0.140. The molecule has 9 heteroatoms. The van der Waals surface area contributed by atoms with E-state index < -0.39 is 17.8 Å². The standard InChI is InChI=1S/C23H19FN4O4/c1-31-18-10-9-17(22(25)29)19-20(28-32-21(18)19)16-8-3-2-5-13(16)12-26-23(30)27-15-7-4-6-14(24)11-15/h2-11H,12H2,1H3,(H2,25,29)(H2,26,27,30). The van der Waals surface area contributed by atoms with Crippen molar-refractivity contribution in [3.05, 3.63) is 77.6 Å². The van der Waals surface area contributed by atoms with Crippen LogP contribution in [-0.4, -0.2) is 24.2 Å². The second kappa shape index (κ2) is 8.76. The number of primary amides is 1. The predicted molar refractivity (Wildman–Crippen MR) is 117 cm³/mol. The summed E-state index contributed by atoms with van der Waals surface area (Å²) in [6, 6.07) is 15.4. The van der Waals surface area contributed by atoms with Gasteiger partial charge in [-0.2, -0.15) is 0 Å². The number of amides is 3. The van der Waals surface area contributed by atoms with Crippen molar-refractivity contribution in [2.24, 2.45) is 5.73 Å². The van der Waals surface area contributed by atoms with E-state index in [0.29, 0.717) is 33.7 Å². The zero-order chi connectivity index (χ0) is 22.7. The van der Waals surface area contributed by atoms with E-state index in [2.05, 4.69) is 15.8 Å². The van der Waals surface area contributed by atoms with Gasteiger partial charge in [0.1, 0.15) is 11.5 Å². The maximum atomic E-state index is 13.3. The molecule has 1 heterocycles. The van der Waals surface area contributed by atoms with Crippen LogP contribution in [0.5, 0.6) is 5.75 Å². The van der Waals surface area contributed by atoms with Gasteiger partial charge in [-0.1, -0.05) is 35.5 Å². The van der Waals surface area contributed by atoms with E-state index in [1.165, 1.54) is 25.3 Å². The molecule has 1 aromatic heterocycles. The molecule has 0 radical (unpaired) electrons. The second-order valence-electron chi connectivity index (χ2n) is 6.89. The average Bonchev–Trinajstić information content (AvgIpc) is 3.22. The molecule has 4 aromatic rings. The molecule has 0 saturated carbocycles. The highest BCUT2D eigenvalue weighted by Crippen LogP contribution is 2.37. The molecule has 4 rings (SSSR count). The Kier molecular flexibility index (Phi) is 5.71. The van der Waals surface area contributed by atoms with Gasteiger partial charge in [0.15, 0.2) is 5.75 Å². The van der Waals surface area contributed by atoms with Crippen LogP contribution in [0.15, 0.2) is 65.2 Å². The molecule has 0 spiro atoms. The van der Waals surface area contributed by atoms with Crippen LogP contribution in [0.1, 0.15) is 15.9 Å². The van der Waals surface area contributed by atoms with Crippen LogP contribution in [0.4, 0.5) is 14.9 Å². The Morgan fingerprint density at radius 1 is 1.12 bits per heavy atom. The molecule has 0 aliphatic rings. The summed E-state index contributed by atoms with van der Waals surface area (Å²) in [5.74, 6) is -0.673. The van der Waals surface area contributed by atoms with Gasteiger partial charge in [0.05, 0.1) is 18.1 Å². The Balaban J connectivity index is 1.65. The van der Waals surface area contributed by atoms with E-state index in [1.807, 2.05) is 12.1 Å². The number of urea groups is 1. The monoisotopic (exact) mass is 434 g/mol. The fourth-order valence-electron chi connectivity index (χ4n) is 3.40. The lowest BCUT2D eigenvalue weighted by Gasteiger charge is -2.11.